The Morgan fingerprint density at radius 3 is 2.71 bits per heavy atom. The summed E-state index contributed by atoms with van der Waals surface area (Å²) >= 11 is 0. The van der Waals surface area contributed by atoms with Gasteiger partial charge in [-0.25, -0.2) is 4.79 Å². The summed E-state index contributed by atoms with van der Waals surface area (Å²) in [5, 5.41) is 17.6. The smallest absolute Gasteiger partial charge is 0.337 e. The quantitative estimate of drug-likeness (QED) is 0.768. The lowest BCUT2D eigenvalue weighted by Gasteiger charge is -2.14. The van der Waals surface area contributed by atoms with Crippen molar-refractivity contribution in [2.75, 3.05) is 0 Å². The standard InChI is InChI=1S/C10H10N2O2/c1-10(2,6-11)8-3-7(9(13)14)4-12-5-8/h3-5H,1-2H3,(H,13,14). The summed E-state index contributed by atoms with van der Waals surface area (Å²) in [5.74, 6) is -1.03. The molecule has 72 valence electrons. The molecular weight excluding hydrogens is 180 g/mol. The fraction of sp³-hybridized carbons (Fsp3) is 0.300. The molecule has 0 fully saturated rings. The van der Waals surface area contributed by atoms with Gasteiger partial charge in [0.1, 0.15) is 0 Å². The highest BCUT2D eigenvalue weighted by Gasteiger charge is 2.21. The lowest BCUT2D eigenvalue weighted by Crippen LogP contribution is -2.15. The zero-order valence-corrected chi connectivity index (χ0v) is 7.98. The molecule has 4 nitrogen and oxygen atoms in total. The SMILES string of the molecule is CC(C)(C#N)c1cncc(C(=O)O)c1. The molecule has 4 heteroatoms. The van der Waals surface area contributed by atoms with Gasteiger partial charge in [-0.1, -0.05) is 0 Å². The van der Waals surface area contributed by atoms with Gasteiger partial charge in [-0.3, -0.25) is 4.98 Å². The molecule has 0 saturated heterocycles. The largest absolute Gasteiger partial charge is 0.478 e. The Balaban J connectivity index is 3.20. The van der Waals surface area contributed by atoms with Gasteiger partial charge in [0.05, 0.1) is 17.0 Å². The van der Waals surface area contributed by atoms with E-state index in [1.807, 2.05) is 0 Å². The fourth-order valence-corrected chi connectivity index (χ4v) is 0.963. The topological polar surface area (TPSA) is 74.0 Å². The predicted molar refractivity (Wildman–Crippen MR) is 49.8 cm³/mol. The van der Waals surface area contributed by atoms with Crippen LogP contribution in [-0.2, 0) is 5.41 Å². The van der Waals surface area contributed by atoms with Crippen molar-refractivity contribution in [3.05, 3.63) is 29.6 Å². The van der Waals surface area contributed by atoms with Gasteiger partial charge in [-0.05, 0) is 25.5 Å². The van der Waals surface area contributed by atoms with Crippen LogP contribution in [0.15, 0.2) is 18.5 Å². The number of hydrogen-bond donors (Lipinski definition) is 1. The molecule has 1 heterocycles. The second kappa shape index (κ2) is 3.46. The molecule has 0 aliphatic heterocycles. The molecule has 14 heavy (non-hydrogen) atoms. The molecule has 0 amide bonds. The number of rotatable bonds is 2. The molecule has 1 N–H and O–H groups in total. The maximum atomic E-state index is 10.6. The lowest BCUT2D eigenvalue weighted by molar-refractivity contribution is 0.0696. The number of carbonyl (C=O) groups is 1. The van der Waals surface area contributed by atoms with Crippen LogP contribution in [0.25, 0.3) is 0 Å². The summed E-state index contributed by atoms with van der Waals surface area (Å²) < 4.78 is 0. The van der Waals surface area contributed by atoms with Crippen LogP contribution in [0.4, 0.5) is 0 Å². The molecule has 0 unspecified atom stereocenters. The number of nitriles is 1. The summed E-state index contributed by atoms with van der Waals surface area (Å²) in [6.45, 7) is 3.44. The third-order valence-corrected chi connectivity index (χ3v) is 1.99. The van der Waals surface area contributed by atoms with E-state index in [1.54, 1.807) is 13.8 Å². The first-order valence-electron chi connectivity index (χ1n) is 4.07. The number of aromatic nitrogens is 1. The molecule has 0 radical (unpaired) electrons. The van der Waals surface area contributed by atoms with Crippen molar-refractivity contribution in [3.8, 4) is 6.07 Å². The van der Waals surface area contributed by atoms with E-state index in [1.165, 1.54) is 18.5 Å². The molecule has 0 atom stereocenters. The highest BCUT2D eigenvalue weighted by molar-refractivity contribution is 5.87. The molecule has 0 aliphatic carbocycles. The summed E-state index contributed by atoms with van der Waals surface area (Å²) in [7, 11) is 0. The van der Waals surface area contributed by atoms with Crippen molar-refractivity contribution in [1.82, 2.24) is 4.98 Å². The maximum absolute atomic E-state index is 10.6. The first-order valence-corrected chi connectivity index (χ1v) is 4.07. The Hall–Kier alpha value is -1.89. The van der Waals surface area contributed by atoms with E-state index < -0.39 is 11.4 Å². The molecule has 0 saturated carbocycles. The van der Waals surface area contributed by atoms with Gasteiger partial charge in [0.2, 0.25) is 0 Å². The van der Waals surface area contributed by atoms with Gasteiger partial charge in [0.25, 0.3) is 0 Å². The Morgan fingerprint density at radius 2 is 2.21 bits per heavy atom. The van der Waals surface area contributed by atoms with Crippen molar-refractivity contribution in [2.24, 2.45) is 0 Å². The average molecular weight is 190 g/mol. The fourth-order valence-electron chi connectivity index (χ4n) is 0.963. The van der Waals surface area contributed by atoms with E-state index in [0.717, 1.165) is 0 Å². The van der Waals surface area contributed by atoms with Crippen LogP contribution in [0.1, 0.15) is 29.8 Å². The first kappa shape index (κ1) is 10.2. The lowest BCUT2D eigenvalue weighted by atomic mass is 9.87. The molecule has 1 aromatic heterocycles. The summed E-state index contributed by atoms with van der Waals surface area (Å²) in [5.41, 5.74) is 0.00377. The number of nitrogens with zero attached hydrogens (tertiary/aromatic N) is 2. The van der Waals surface area contributed by atoms with E-state index >= 15 is 0 Å². The summed E-state index contributed by atoms with van der Waals surface area (Å²) in [4.78, 5) is 14.4. The Morgan fingerprint density at radius 1 is 1.57 bits per heavy atom. The third kappa shape index (κ3) is 1.88. The zero-order chi connectivity index (χ0) is 10.8. The zero-order valence-electron chi connectivity index (χ0n) is 7.98. The van der Waals surface area contributed by atoms with E-state index in [0.29, 0.717) is 5.56 Å². The van der Waals surface area contributed by atoms with E-state index in [9.17, 15) is 4.79 Å². The second-order valence-corrected chi connectivity index (χ2v) is 3.50. The van der Waals surface area contributed by atoms with Crippen molar-refractivity contribution in [1.29, 1.82) is 5.26 Å². The van der Waals surface area contributed by atoms with Gasteiger partial charge >= 0.3 is 5.97 Å². The van der Waals surface area contributed by atoms with Crippen molar-refractivity contribution in [3.63, 3.8) is 0 Å². The molecule has 0 aromatic carbocycles. The van der Waals surface area contributed by atoms with Gasteiger partial charge < -0.3 is 5.11 Å². The number of carboxylic acids is 1. The van der Waals surface area contributed by atoms with Gasteiger partial charge in [-0.15, -0.1) is 0 Å². The molecule has 1 rings (SSSR count). The van der Waals surface area contributed by atoms with Gasteiger partial charge in [-0.2, -0.15) is 5.26 Å². The maximum Gasteiger partial charge on any atom is 0.337 e. The third-order valence-electron chi connectivity index (χ3n) is 1.99. The van der Waals surface area contributed by atoms with E-state index in [2.05, 4.69) is 11.1 Å². The van der Waals surface area contributed by atoms with Crippen LogP contribution in [0.3, 0.4) is 0 Å². The number of pyridine rings is 1. The normalized spacial score (nSPS) is 10.6. The molecule has 0 spiro atoms. The average Bonchev–Trinajstić information content (AvgIpc) is 2.18. The molecule has 0 aliphatic rings. The van der Waals surface area contributed by atoms with E-state index in [4.69, 9.17) is 10.4 Å². The first-order chi connectivity index (χ1) is 6.47. The number of aromatic carboxylic acids is 1. The van der Waals surface area contributed by atoms with Crippen LogP contribution in [0.2, 0.25) is 0 Å². The van der Waals surface area contributed by atoms with Crippen molar-refractivity contribution >= 4 is 5.97 Å². The van der Waals surface area contributed by atoms with E-state index in [-0.39, 0.29) is 5.56 Å². The summed E-state index contributed by atoms with van der Waals surface area (Å²) in [6.07, 6.45) is 2.77. The molecular formula is C10H10N2O2. The van der Waals surface area contributed by atoms with Crippen molar-refractivity contribution < 1.29 is 9.90 Å². The van der Waals surface area contributed by atoms with Crippen LogP contribution in [0.5, 0.6) is 0 Å². The predicted octanol–water partition coefficient (Wildman–Crippen LogP) is 1.58. The highest BCUT2D eigenvalue weighted by Crippen LogP contribution is 2.21. The Labute approximate surface area is 81.8 Å². The van der Waals surface area contributed by atoms with Gasteiger partial charge in [0.15, 0.2) is 0 Å². The number of carboxylic acid groups (broad SMARTS) is 1. The summed E-state index contributed by atoms with van der Waals surface area (Å²) in [6, 6.07) is 3.56. The van der Waals surface area contributed by atoms with Crippen molar-refractivity contribution in [2.45, 2.75) is 19.3 Å². The van der Waals surface area contributed by atoms with Gasteiger partial charge in [0, 0.05) is 12.4 Å². The molecule has 0 bridgehead atoms. The minimum atomic E-state index is -1.03. The van der Waals surface area contributed by atoms with Crippen LogP contribution in [-0.4, -0.2) is 16.1 Å². The molecule has 1 aromatic rings. The minimum absolute atomic E-state index is 0.103. The number of hydrogen-bond acceptors (Lipinski definition) is 3. The monoisotopic (exact) mass is 190 g/mol. The second-order valence-electron chi connectivity index (χ2n) is 3.50. The van der Waals surface area contributed by atoms with Crippen LogP contribution < -0.4 is 0 Å². The minimum Gasteiger partial charge on any atom is -0.478 e. The Kier molecular flexibility index (Phi) is 2.52. The van der Waals surface area contributed by atoms with Crippen LogP contribution >= 0.6 is 0 Å². The van der Waals surface area contributed by atoms with Crippen LogP contribution in [0, 0.1) is 11.3 Å². The Bertz CT molecular complexity index is 405. The highest BCUT2D eigenvalue weighted by atomic mass is 16.4.